The van der Waals surface area contributed by atoms with Crippen molar-refractivity contribution >= 4 is 22.9 Å². The van der Waals surface area contributed by atoms with Gasteiger partial charge in [0.15, 0.2) is 0 Å². The molecule has 2 aromatic carbocycles. The lowest BCUT2D eigenvalue weighted by atomic mass is 10.1. The summed E-state index contributed by atoms with van der Waals surface area (Å²) in [6.45, 7) is 6.21. The number of hydrogen-bond donors (Lipinski definition) is 0. The molecule has 0 saturated carbocycles. The molecule has 0 radical (unpaired) electrons. The van der Waals surface area contributed by atoms with Crippen LogP contribution in [0.4, 0.5) is 5.69 Å². The molecule has 0 amide bonds. The van der Waals surface area contributed by atoms with Crippen LogP contribution < -0.4 is 9.47 Å². The van der Waals surface area contributed by atoms with Crippen LogP contribution in [-0.2, 0) is 13.0 Å². The summed E-state index contributed by atoms with van der Waals surface area (Å²) in [6, 6.07) is 16.8. The van der Waals surface area contributed by atoms with Gasteiger partial charge in [0.1, 0.15) is 6.54 Å². The molecule has 0 spiro atoms. The third kappa shape index (κ3) is 2.76. The molecule has 0 bridgehead atoms. The van der Waals surface area contributed by atoms with Gasteiger partial charge >= 0.3 is 5.89 Å². The van der Waals surface area contributed by atoms with Gasteiger partial charge in [0, 0.05) is 30.4 Å². The topological polar surface area (TPSA) is 20.3 Å². The van der Waals surface area contributed by atoms with Gasteiger partial charge < -0.3 is 9.32 Å². The number of oxazole rings is 1. The van der Waals surface area contributed by atoms with Crippen molar-refractivity contribution in [2.45, 2.75) is 26.8 Å². The van der Waals surface area contributed by atoms with Gasteiger partial charge in [-0.05, 0) is 37.6 Å². The van der Waals surface area contributed by atoms with E-state index >= 15 is 0 Å². The monoisotopic (exact) mass is 331 g/mol. The summed E-state index contributed by atoms with van der Waals surface area (Å²) in [6.07, 6.45) is 7.36. The minimum absolute atomic E-state index is 0.888. The Balaban J connectivity index is 1.64. The Hall–Kier alpha value is -2.81. The molecule has 126 valence electrons. The molecule has 0 N–H and O–H groups in total. The number of aromatic nitrogens is 1. The molecule has 3 nitrogen and oxygen atoms in total. The third-order valence-corrected chi connectivity index (χ3v) is 4.80. The molecule has 3 heteroatoms. The molecule has 1 aliphatic heterocycles. The van der Waals surface area contributed by atoms with Crippen LogP contribution in [0.25, 0.3) is 17.2 Å². The zero-order chi connectivity index (χ0) is 17.2. The highest BCUT2D eigenvalue weighted by atomic mass is 16.3. The number of aryl methyl sites for hydroxylation is 1. The Morgan fingerprint density at radius 2 is 1.88 bits per heavy atom. The van der Waals surface area contributed by atoms with Gasteiger partial charge in [-0.2, -0.15) is 4.57 Å². The molecule has 1 aromatic heterocycles. The first kappa shape index (κ1) is 15.7. The minimum atomic E-state index is 0.888. The number of benzene rings is 2. The van der Waals surface area contributed by atoms with Crippen molar-refractivity contribution in [3.05, 3.63) is 77.8 Å². The van der Waals surface area contributed by atoms with Crippen molar-refractivity contribution < 1.29 is 8.98 Å². The quantitative estimate of drug-likeness (QED) is 0.645. The largest absolute Gasteiger partial charge is 0.398 e. The van der Waals surface area contributed by atoms with Crippen molar-refractivity contribution in [1.29, 1.82) is 0 Å². The van der Waals surface area contributed by atoms with Crippen molar-refractivity contribution in [2.24, 2.45) is 0 Å². The van der Waals surface area contributed by atoms with E-state index < -0.39 is 0 Å². The Bertz CT molecular complexity index is 965. The molecule has 0 saturated heterocycles. The van der Waals surface area contributed by atoms with Gasteiger partial charge in [0.25, 0.3) is 5.52 Å². The summed E-state index contributed by atoms with van der Waals surface area (Å²) in [5.74, 6) is 0.888. The van der Waals surface area contributed by atoms with Gasteiger partial charge in [-0.1, -0.05) is 36.4 Å². The van der Waals surface area contributed by atoms with E-state index in [1.807, 2.05) is 18.2 Å². The highest BCUT2D eigenvalue weighted by molar-refractivity contribution is 5.70. The summed E-state index contributed by atoms with van der Waals surface area (Å²) in [7, 11) is 0. The van der Waals surface area contributed by atoms with E-state index in [4.69, 9.17) is 4.42 Å². The maximum absolute atomic E-state index is 6.00. The molecular formula is C22H23N2O+. The van der Waals surface area contributed by atoms with Crippen LogP contribution >= 0.6 is 0 Å². The molecule has 25 heavy (non-hydrogen) atoms. The van der Waals surface area contributed by atoms with Crippen LogP contribution in [0, 0.1) is 0 Å². The van der Waals surface area contributed by atoms with E-state index in [-0.39, 0.29) is 0 Å². The summed E-state index contributed by atoms with van der Waals surface area (Å²) < 4.78 is 8.20. The normalized spacial score (nSPS) is 15.6. The number of likely N-dealkylation sites (N-methyl/N-ethyl adjacent to an activating group) is 1. The van der Waals surface area contributed by atoms with E-state index in [1.54, 1.807) is 0 Å². The minimum Gasteiger partial charge on any atom is -0.398 e. The average Bonchev–Trinajstić information content (AvgIpc) is 3.18. The maximum Gasteiger partial charge on any atom is 0.374 e. The van der Waals surface area contributed by atoms with Crippen LogP contribution in [0.15, 0.2) is 70.8 Å². The highest BCUT2D eigenvalue weighted by Crippen LogP contribution is 2.33. The van der Waals surface area contributed by atoms with E-state index in [1.165, 1.54) is 16.9 Å². The number of allylic oxidation sites excluding steroid dienone is 3. The molecular weight excluding hydrogens is 308 g/mol. The molecule has 3 aromatic rings. The van der Waals surface area contributed by atoms with Crippen molar-refractivity contribution in [3.63, 3.8) is 0 Å². The SMILES string of the molecule is CCN1C(=CC=Cc2oc3ccccc3[n+]2CC)Cc2ccccc21. The first-order chi connectivity index (χ1) is 12.3. The Morgan fingerprint density at radius 3 is 2.72 bits per heavy atom. The third-order valence-electron chi connectivity index (χ3n) is 4.80. The fourth-order valence-corrected chi connectivity index (χ4v) is 3.64. The van der Waals surface area contributed by atoms with Crippen molar-refractivity contribution in [1.82, 2.24) is 0 Å². The summed E-state index contributed by atoms with van der Waals surface area (Å²) in [4.78, 5) is 2.38. The first-order valence-corrected chi connectivity index (χ1v) is 8.96. The van der Waals surface area contributed by atoms with Crippen molar-refractivity contribution in [2.75, 3.05) is 11.4 Å². The zero-order valence-electron chi connectivity index (χ0n) is 14.8. The molecule has 0 fully saturated rings. The highest BCUT2D eigenvalue weighted by Gasteiger charge is 2.22. The second-order valence-corrected chi connectivity index (χ2v) is 6.22. The molecule has 0 unspecified atom stereocenters. The number of rotatable bonds is 4. The van der Waals surface area contributed by atoms with Gasteiger partial charge in [0.2, 0.25) is 5.58 Å². The Kier molecular flexibility index (Phi) is 4.14. The molecule has 0 atom stereocenters. The second-order valence-electron chi connectivity index (χ2n) is 6.22. The Morgan fingerprint density at radius 1 is 1.08 bits per heavy atom. The Labute approximate surface area is 148 Å². The van der Waals surface area contributed by atoms with Gasteiger partial charge in [-0.3, -0.25) is 0 Å². The first-order valence-electron chi connectivity index (χ1n) is 8.96. The number of para-hydroxylation sites is 3. The number of fused-ring (bicyclic) bond motifs is 2. The van der Waals surface area contributed by atoms with E-state index in [0.29, 0.717) is 0 Å². The van der Waals surface area contributed by atoms with Crippen LogP contribution in [0.1, 0.15) is 25.3 Å². The van der Waals surface area contributed by atoms with Gasteiger partial charge in [-0.25, -0.2) is 0 Å². The summed E-state index contributed by atoms with van der Waals surface area (Å²) >= 11 is 0. The lowest BCUT2D eigenvalue weighted by molar-refractivity contribution is -0.674. The number of hydrogen-bond acceptors (Lipinski definition) is 2. The molecule has 1 aliphatic rings. The molecule has 2 heterocycles. The second kappa shape index (κ2) is 6.60. The van der Waals surface area contributed by atoms with Crippen LogP contribution in [-0.4, -0.2) is 6.54 Å². The lowest BCUT2D eigenvalue weighted by Crippen LogP contribution is -2.33. The average molecular weight is 331 g/mol. The van der Waals surface area contributed by atoms with Crippen LogP contribution in [0.5, 0.6) is 0 Å². The lowest BCUT2D eigenvalue weighted by Gasteiger charge is -2.18. The number of nitrogens with zero attached hydrogens (tertiary/aromatic N) is 2. The summed E-state index contributed by atoms with van der Waals surface area (Å²) in [5.41, 5.74) is 6.13. The standard InChI is InChI=1S/C22H23N2O/c1-3-23-18(16-17-10-5-6-12-19(17)23)11-9-15-22-24(4-2)20-13-7-8-14-21(20)25-22/h5-15H,3-4,16H2,1-2H3/q+1. The molecule has 0 aliphatic carbocycles. The maximum atomic E-state index is 6.00. The van der Waals surface area contributed by atoms with E-state index in [9.17, 15) is 0 Å². The zero-order valence-corrected chi connectivity index (χ0v) is 14.8. The van der Waals surface area contributed by atoms with Crippen molar-refractivity contribution in [3.8, 4) is 0 Å². The van der Waals surface area contributed by atoms with Gasteiger partial charge in [-0.15, -0.1) is 0 Å². The fourth-order valence-electron chi connectivity index (χ4n) is 3.64. The van der Waals surface area contributed by atoms with Crippen LogP contribution in [0.2, 0.25) is 0 Å². The number of anilines is 1. The smallest absolute Gasteiger partial charge is 0.374 e. The predicted molar refractivity (Wildman–Crippen MR) is 102 cm³/mol. The van der Waals surface area contributed by atoms with Gasteiger partial charge in [0.05, 0.1) is 6.08 Å². The summed E-state index contributed by atoms with van der Waals surface area (Å²) in [5, 5.41) is 0. The molecule has 4 rings (SSSR count). The van der Waals surface area contributed by atoms with Crippen LogP contribution in [0.3, 0.4) is 0 Å². The fraction of sp³-hybridized carbons (Fsp3) is 0.227. The van der Waals surface area contributed by atoms with E-state index in [0.717, 1.165) is 36.5 Å². The van der Waals surface area contributed by atoms with E-state index in [2.05, 4.69) is 71.9 Å². The predicted octanol–water partition coefficient (Wildman–Crippen LogP) is 4.72.